The number of amides is 1. The summed E-state index contributed by atoms with van der Waals surface area (Å²) in [6.07, 6.45) is 5.29. The smallest absolute Gasteiger partial charge is 0.267 e. The fraction of sp³-hybridized carbons (Fsp3) is 0.333. The number of hydrogen-bond acceptors (Lipinski definition) is 5. The molecule has 3 rings (SSSR count). The number of carbonyl (C=O) groups is 1. The molecule has 2 N–H and O–H groups in total. The van der Waals surface area contributed by atoms with Gasteiger partial charge < -0.3 is 10.3 Å². The fourth-order valence-electron chi connectivity index (χ4n) is 2.00. The number of aromatic nitrogens is 4. The Bertz CT molecular complexity index is 680. The number of H-pyrrole nitrogens is 1. The summed E-state index contributed by atoms with van der Waals surface area (Å²) >= 11 is 1.53. The summed E-state index contributed by atoms with van der Waals surface area (Å²) in [6.45, 7) is 1.05. The summed E-state index contributed by atoms with van der Waals surface area (Å²) in [5, 5.41) is 3.41. The van der Waals surface area contributed by atoms with Crippen LogP contribution in [0.5, 0.6) is 0 Å². The van der Waals surface area contributed by atoms with Crippen LogP contribution in [0.1, 0.15) is 16.1 Å². The molecule has 1 aliphatic rings. The summed E-state index contributed by atoms with van der Waals surface area (Å²) in [7, 11) is 0. The molecule has 8 heteroatoms. The van der Waals surface area contributed by atoms with E-state index in [9.17, 15) is 9.59 Å². The Morgan fingerprint density at radius 1 is 1.50 bits per heavy atom. The minimum absolute atomic E-state index is 0.0980. The molecule has 0 bridgehead atoms. The van der Waals surface area contributed by atoms with Crippen molar-refractivity contribution in [3.05, 3.63) is 40.3 Å². The molecule has 7 nitrogen and oxygen atoms in total. The standard InChI is InChI=1S/C12H13N5O2S/c18-10(14-2-1-8-5-13-7-16-8)9-6-15-12-17(11(9)19)3-4-20-12/h5-7H,1-4H2,(H,13,16)(H,14,18). The van der Waals surface area contributed by atoms with E-state index in [1.54, 1.807) is 17.1 Å². The van der Waals surface area contributed by atoms with Crippen molar-refractivity contribution in [1.82, 2.24) is 24.8 Å². The molecule has 3 heterocycles. The van der Waals surface area contributed by atoms with Crippen LogP contribution in [-0.2, 0) is 13.0 Å². The number of carbonyl (C=O) groups excluding carboxylic acids is 1. The van der Waals surface area contributed by atoms with E-state index in [0.717, 1.165) is 11.4 Å². The van der Waals surface area contributed by atoms with Crippen LogP contribution in [0.15, 0.2) is 28.7 Å². The fourth-order valence-corrected chi connectivity index (χ4v) is 2.91. The van der Waals surface area contributed by atoms with Gasteiger partial charge in [0.15, 0.2) is 5.16 Å². The van der Waals surface area contributed by atoms with Gasteiger partial charge in [-0.1, -0.05) is 11.8 Å². The zero-order valence-corrected chi connectivity index (χ0v) is 11.4. The van der Waals surface area contributed by atoms with Gasteiger partial charge in [0.1, 0.15) is 5.56 Å². The normalized spacial score (nSPS) is 13.2. The average Bonchev–Trinajstić information content (AvgIpc) is 3.09. The number of nitrogens with one attached hydrogen (secondary N) is 2. The molecule has 0 unspecified atom stereocenters. The number of imidazole rings is 1. The summed E-state index contributed by atoms with van der Waals surface area (Å²) < 4.78 is 1.55. The number of thioether (sulfide) groups is 1. The Hall–Kier alpha value is -2.09. The van der Waals surface area contributed by atoms with E-state index in [1.807, 2.05) is 0 Å². The van der Waals surface area contributed by atoms with E-state index in [1.165, 1.54) is 18.0 Å². The van der Waals surface area contributed by atoms with Crippen molar-refractivity contribution in [2.45, 2.75) is 18.1 Å². The number of fused-ring (bicyclic) bond motifs is 1. The zero-order chi connectivity index (χ0) is 13.9. The predicted molar refractivity (Wildman–Crippen MR) is 73.8 cm³/mol. The first-order valence-corrected chi connectivity index (χ1v) is 7.22. The summed E-state index contributed by atoms with van der Waals surface area (Å²) in [5.74, 6) is 0.446. The third-order valence-corrected chi connectivity index (χ3v) is 4.01. The van der Waals surface area contributed by atoms with Crippen LogP contribution < -0.4 is 10.9 Å². The van der Waals surface area contributed by atoms with E-state index in [-0.39, 0.29) is 17.0 Å². The zero-order valence-electron chi connectivity index (χ0n) is 10.6. The minimum atomic E-state index is -0.380. The molecule has 2 aromatic rings. The van der Waals surface area contributed by atoms with E-state index in [0.29, 0.717) is 24.7 Å². The second kappa shape index (κ2) is 5.49. The lowest BCUT2D eigenvalue weighted by atomic mass is 10.3. The second-order valence-corrected chi connectivity index (χ2v) is 5.40. The Morgan fingerprint density at radius 2 is 2.40 bits per heavy atom. The average molecular weight is 291 g/mol. The highest BCUT2D eigenvalue weighted by molar-refractivity contribution is 7.99. The van der Waals surface area contributed by atoms with Gasteiger partial charge in [-0.2, -0.15) is 0 Å². The van der Waals surface area contributed by atoms with Gasteiger partial charge >= 0.3 is 0 Å². The Balaban J connectivity index is 1.67. The lowest BCUT2D eigenvalue weighted by Gasteiger charge is -2.06. The van der Waals surface area contributed by atoms with Gasteiger partial charge in [0.25, 0.3) is 11.5 Å². The SMILES string of the molecule is O=C(NCCc1cnc[nH]1)c1cnc2n(c1=O)CCS2. The van der Waals surface area contributed by atoms with Crippen LogP contribution >= 0.6 is 11.8 Å². The topological polar surface area (TPSA) is 92.7 Å². The summed E-state index contributed by atoms with van der Waals surface area (Å²) in [4.78, 5) is 35.1. The molecule has 0 spiro atoms. The molecule has 0 saturated heterocycles. The number of nitrogens with zero attached hydrogens (tertiary/aromatic N) is 3. The highest BCUT2D eigenvalue weighted by Gasteiger charge is 2.19. The first kappa shape index (κ1) is 12.9. The molecule has 0 fully saturated rings. The van der Waals surface area contributed by atoms with Gasteiger partial charge in [-0.15, -0.1) is 0 Å². The van der Waals surface area contributed by atoms with Crippen LogP contribution in [0.25, 0.3) is 0 Å². The van der Waals surface area contributed by atoms with E-state index < -0.39 is 0 Å². The lowest BCUT2D eigenvalue weighted by Crippen LogP contribution is -2.34. The molecule has 0 aromatic carbocycles. The maximum Gasteiger partial charge on any atom is 0.267 e. The monoisotopic (exact) mass is 291 g/mol. The van der Waals surface area contributed by atoms with Crippen LogP contribution in [-0.4, -0.2) is 37.7 Å². The number of aromatic amines is 1. The summed E-state index contributed by atoms with van der Waals surface area (Å²) in [6, 6.07) is 0. The van der Waals surface area contributed by atoms with Crippen molar-refractivity contribution in [2.24, 2.45) is 0 Å². The van der Waals surface area contributed by atoms with Gasteiger partial charge in [-0.05, 0) is 0 Å². The van der Waals surface area contributed by atoms with Crippen LogP contribution in [0.2, 0.25) is 0 Å². The Morgan fingerprint density at radius 3 is 3.20 bits per heavy atom. The van der Waals surface area contributed by atoms with Gasteiger partial charge in [0.05, 0.1) is 6.33 Å². The molecule has 20 heavy (non-hydrogen) atoms. The van der Waals surface area contributed by atoms with Crippen LogP contribution in [0, 0.1) is 0 Å². The van der Waals surface area contributed by atoms with Crippen molar-refractivity contribution in [1.29, 1.82) is 0 Å². The number of hydrogen-bond donors (Lipinski definition) is 2. The Labute approximate surface area is 118 Å². The molecule has 2 aromatic heterocycles. The molecule has 0 aliphatic carbocycles. The third kappa shape index (κ3) is 2.46. The second-order valence-electron chi connectivity index (χ2n) is 4.34. The van der Waals surface area contributed by atoms with Crippen molar-refractivity contribution < 1.29 is 4.79 Å². The number of rotatable bonds is 4. The molecule has 1 aliphatic heterocycles. The molecule has 0 saturated carbocycles. The highest BCUT2D eigenvalue weighted by Crippen LogP contribution is 2.20. The predicted octanol–water partition coefficient (Wildman–Crippen LogP) is 0.0446. The third-order valence-electron chi connectivity index (χ3n) is 3.04. The minimum Gasteiger partial charge on any atom is -0.351 e. The van der Waals surface area contributed by atoms with Crippen LogP contribution in [0.4, 0.5) is 0 Å². The molecule has 104 valence electrons. The lowest BCUT2D eigenvalue weighted by molar-refractivity contribution is 0.0951. The molecular formula is C12H13N5O2S. The largest absolute Gasteiger partial charge is 0.351 e. The van der Waals surface area contributed by atoms with Gasteiger partial charge in [-0.25, -0.2) is 9.97 Å². The molecule has 0 atom stereocenters. The Kier molecular flexibility index (Phi) is 3.55. The van der Waals surface area contributed by atoms with Crippen molar-refractivity contribution in [3.8, 4) is 0 Å². The van der Waals surface area contributed by atoms with Crippen molar-refractivity contribution >= 4 is 17.7 Å². The maximum atomic E-state index is 12.1. The van der Waals surface area contributed by atoms with Gasteiger partial charge in [-0.3, -0.25) is 14.2 Å². The maximum absolute atomic E-state index is 12.1. The van der Waals surface area contributed by atoms with E-state index in [2.05, 4.69) is 20.3 Å². The van der Waals surface area contributed by atoms with E-state index in [4.69, 9.17) is 0 Å². The van der Waals surface area contributed by atoms with Crippen LogP contribution in [0.3, 0.4) is 0 Å². The first-order valence-electron chi connectivity index (χ1n) is 6.24. The van der Waals surface area contributed by atoms with Crippen molar-refractivity contribution in [2.75, 3.05) is 12.3 Å². The van der Waals surface area contributed by atoms with Gasteiger partial charge in [0, 0.05) is 43.4 Å². The molecular weight excluding hydrogens is 278 g/mol. The molecule has 1 amide bonds. The van der Waals surface area contributed by atoms with Crippen molar-refractivity contribution in [3.63, 3.8) is 0 Å². The molecule has 0 radical (unpaired) electrons. The van der Waals surface area contributed by atoms with E-state index >= 15 is 0 Å². The quantitative estimate of drug-likeness (QED) is 0.776. The summed E-state index contributed by atoms with van der Waals surface area (Å²) in [5.41, 5.74) is 0.769. The van der Waals surface area contributed by atoms with Gasteiger partial charge in [0.2, 0.25) is 0 Å². The highest BCUT2D eigenvalue weighted by atomic mass is 32.2. The first-order chi connectivity index (χ1) is 9.75.